The molecule has 0 aliphatic rings. The fourth-order valence-corrected chi connectivity index (χ4v) is 4.47. The van der Waals surface area contributed by atoms with Crippen molar-refractivity contribution >= 4 is 34.8 Å². The minimum atomic E-state index is -0.901. The van der Waals surface area contributed by atoms with Crippen molar-refractivity contribution < 1.29 is 14.3 Å². The zero-order chi connectivity index (χ0) is 21.5. The summed E-state index contributed by atoms with van der Waals surface area (Å²) >= 11 is 1.54. The maximum absolute atomic E-state index is 11.5. The van der Waals surface area contributed by atoms with Crippen LogP contribution in [-0.2, 0) is 6.42 Å². The van der Waals surface area contributed by atoms with Crippen molar-refractivity contribution in [3.63, 3.8) is 0 Å². The SMILES string of the molecule is O=C(O)c1ccccc1SCCN(CCCc1ccccc1)c1nc2ccccc2o1. The van der Waals surface area contributed by atoms with Gasteiger partial charge in [-0.05, 0) is 42.7 Å². The fraction of sp³-hybridized carbons (Fsp3) is 0.200. The number of oxazole rings is 1. The Morgan fingerprint density at radius 3 is 2.48 bits per heavy atom. The summed E-state index contributed by atoms with van der Waals surface area (Å²) in [6.45, 7) is 1.52. The van der Waals surface area contributed by atoms with Crippen LogP contribution in [0.15, 0.2) is 88.2 Å². The Hall–Kier alpha value is -3.25. The lowest BCUT2D eigenvalue weighted by atomic mass is 10.1. The van der Waals surface area contributed by atoms with Gasteiger partial charge in [-0.1, -0.05) is 54.6 Å². The molecule has 1 N–H and O–H groups in total. The molecule has 4 rings (SSSR count). The maximum Gasteiger partial charge on any atom is 0.336 e. The Labute approximate surface area is 185 Å². The van der Waals surface area contributed by atoms with E-state index in [1.54, 1.807) is 23.9 Å². The highest BCUT2D eigenvalue weighted by Gasteiger charge is 2.15. The summed E-state index contributed by atoms with van der Waals surface area (Å²) < 4.78 is 6.01. The molecule has 0 radical (unpaired) electrons. The van der Waals surface area contributed by atoms with Gasteiger partial charge < -0.3 is 14.4 Å². The Morgan fingerprint density at radius 1 is 0.935 bits per heavy atom. The first-order valence-corrected chi connectivity index (χ1v) is 11.3. The van der Waals surface area contributed by atoms with Crippen molar-refractivity contribution in [2.45, 2.75) is 17.7 Å². The molecule has 3 aromatic carbocycles. The summed E-state index contributed by atoms with van der Waals surface area (Å²) in [4.78, 5) is 19.1. The molecule has 0 amide bonds. The summed E-state index contributed by atoms with van der Waals surface area (Å²) in [6, 6.07) is 25.9. The summed E-state index contributed by atoms with van der Waals surface area (Å²) in [5.41, 5.74) is 3.26. The van der Waals surface area contributed by atoms with Gasteiger partial charge in [0.05, 0.1) is 5.56 Å². The number of para-hydroxylation sites is 2. The molecule has 158 valence electrons. The van der Waals surface area contributed by atoms with Crippen LogP contribution in [0.2, 0.25) is 0 Å². The number of anilines is 1. The van der Waals surface area contributed by atoms with Crippen molar-refractivity contribution in [3.8, 4) is 0 Å². The number of benzene rings is 3. The van der Waals surface area contributed by atoms with Crippen LogP contribution >= 0.6 is 11.8 Å². The lowest BCUT2D eigenvalue weighted by molar-refractivity contribution is 0.0693. The van der Waals surface area contributed by atoms with Gasteiger partial charge in [0.1, 0.15) is 5.52 Å². The number of thioether (sulfide) groups is 1. The number of nitrogens with zero attached hydrogens (tertiary/aromatic N) is 2. The molecule has 0 bridgehead atoms. The second kappa shape index (κ2) is 10.2. The number of carboxylic acid groups (broad SMARTS) is 1. The number of carboxylic acids is 1. The van der Waals surface area contributed by atoms with Crippen LogP contribution in [0, 0.1) is 0 Å². The average molecular weight is 433 g/mol. The van der Waals surface area contributed by atoms with Gasteiger partial charge in [0.25, 0.3) is 6.01 Å². The smallest absolute Gasteiger partial charge is 0.336 e. The van der Waals surface area contributed by atoms with Gasteiger partial charge in [-0.25, -0.2) is 4.79 Å². The van der Waals surface area contributed by atoms with Crippen molar-refractivity contribution in [1.82, 2.24) is 4.98 Å². The highest BCUT2D eigenvalue weighted by atomic mass is 32.2. The number of aromatic carboxylic acids is 1. The van der Waals surface area contributed by atoms with Gasteiger partial charge >= 0.3 is 5.97 Å². The van der Waals surface area contributed by atoms with Crippen molar-refractivity contribution in [3.05, 3.63) is 90.0 Å². The normalized spacial score (nSPS) is 11.0. The molecule has 0 saturated carbocycles. The van der Waals surface area contributed by atoms with Gasteiger partial charge in [0, 0.05) is 23.7 Å². The van der Waals surface area contributed by atoms with Crippen LogP contribution in [0.4, 0.5) is 6.01 Å². The van der Waals surface area contributed by atoms with Crippen LogP contribution in [-0.4, -0.2) is 34.9 Å². The molecule has 0 aliphatic heterocycles. The largest absolute Gasteiger partial charge is 0.478 e. The standard InChI is InChI=1S/C25H24N2O3S/c28-24(29)20-12-4-7-15-23(20)31-18-17-27(16-8-11-19-9-2-1-3-10-19)25-26-21-13-5-6-14-22(21)30-25/h1-7,9-10,12-15H,8,11,16-18H2,(H,28,29). The zero-order valence-electron chi connectivity index (χ0n) is 17.1. The lowest BCUT2D eigenvalue weighted by Gasteiger charge is -2.20. The molecule has 6 heteroatoms. The topological polar surface area (TPSA) is 66.6 Å². The third kappa shape index (κ3) is 5.47. The molecule has 31 heavy (non-hydrogen) atoms. The van der Waals surface area contributed by atoms with E-state index in [1.165, 1.54) is 5.56 Å². The predicted octanol–water partition coefficient (Wildman–Crippen LogP) is 5.76. The molecule has 0 fully saturated rings. The average Bonchev–Trinajstić information content (AvgIpc) is 3.23. The van der Waals surface area contributed by atoms with E-state index in [-0.39, 0.29) is 0 Å². The molecule has 0 unspecified atom stereocenters. The van der Waals surface area contributed by atoms with E-state index in [1.807, 2.05) is 42.5 Å². The number of carbonyl (C=O) groups is 1. The first-order valence-electron chi connectivity index (χ1n) is 10.3. The number of rotatable bonds is 10. The van der Waals surface area contributed by atoms with Crippen molar-refractivity contribution in [1.29, 1.82) is 0 Å². The van der Waals surface area contributed by atoms with E-state index < -0.39 is 5.97 Å². The van der Waals surface area contributed by atoms with E-state index in [9.17, 15) is 9.90 Å². The minimum Gasteiger partial charge on any atom is -0.478 e. The highest BCUT2D eigenvalue weighted by Crippen LogP contribution is 2.25. The molecule has 5 nitrogen and oxygen atoms in total. The molecule has 0 saturated heterocycles. The second-order valence-electron chi connectivity index (χ2n) is 7.19. The molecular formula is C25H24N2O3S. The van der Waals surface area contributed by atoms with Crippen LogP contribution in [0.1, 0.15) is 22.3 Å². The van der Waals surface area contributed by atoms with E-state index in [0.29, 0.717) is 18.1 Å². The number of fused-ring (bicyclic) bond motifs is 1. The van der Waals surface area contributed by atoms with Crippen molar-refractivity contribution in [2.24, 2.45) is 0 Å². The third-order valence-electron chi connectivity index (χ3n) is 5.03. The Bertz CT molecular complexity index is 1110. The molecule has 0 atom stereocenters. The predicted molar refractivity (Wildman–Crippen MR) is 125 cm³/mol. The first-order chi connectivity index (χ1) is 15.2. The summed E-state index contributed by atoms with van der Waals surface area (Å²) in [5.74, 6) is -0.171. The maximum atomic E-state index is 11.5. The van der Waals surface area contributed by atoms with E-state index in [4.69, 9.17) is 4.42 Å². The molecule has 0 aliphatic carbocycles. The third-order valence-corrected chi connectivity index (χ3v) is 6.08. The van der Waals surface area contributed by atoms with E-state index >= 15 is 0 Å². The monoisotopic (exact) mass is 432 g/mol. The summed E-state index contributed by atoms with van der Waals surface area (Å²) in [6.07, 6.45) is 1.95. The van der Waals surface area contributed by atoms with Gasteiger partial charge in [0.2, 0.25) is 0 Å². The van der Waals surface area contributed by atoms with Gasteiger partial charge in [0.15, 0.2) is 5.58 Å². The quantitative estimate of drug-likeness (QED) is 0.322. The van der Waals surface area contributed by atoms with Crippen molar-refractivity contribution in [2.75, 3.05) is 23.7 Å². The molecule has 1 aromatic heterocycles. The number of aryl methyl sites for hydroxylation is 1. The Balaban J connectivity index is 1.45. The second-order valence-corrected chi connectivity index (χ2v) is 8.33. The molecule has 1 heterocycles. The Morgan fingerprint density at radius 2 is 1.68 bits per heavy atom. The molecule has 0 spiro atoms. The highest BCUT2D eigenvalue weighted by molar-refractivity contribution is 7.99. The summed E-state index contributed by atoms with van der Waals surface area (Å²) in [7, 11) is 0. The zero-order valence-corrected chi connectivity index (χ0v) is 17.9. The van der Waals surface area contributed by atoms with Gasteiger partial charge in [-0.3, -0.25) is 0 Å². The van der Waals surface area contributed by atoms with Crippen LogP contribution in [0.25, 0.3) is 11.1 Å². The van der Waals surface area contributed by atoms with Crippen LogP contribution < -0.4 is 4.90 Å². The number of hydrogen-bond acceptors (Lipinski definition) is 5. The van der Waals surface area contributed by atoms with E-state index in [0.717, 1.165) is 41.1 Å². The summed E-state index contributed by atoms with van der Waals surface area (Å²) in [5, 5.41) is 9.41. The van der Waals surface area contributed by atoms with Crippen LogP contribution in [0.3, 0.4) is 0 Å². The molecular weight excluding hydrogens is 408 g/mol. The van der Waals surface area contributed by atoms with Gasteiger partial charge in [-0.2, -0.15) is 4.98 Å². The number of hydrogen-bond donors (Lipinski definition) is 1. The fourth-order valence-electron chi connectivity index (χ4n) is 3.45. The minimum absolute atomic E-state index is 0.338. The number of aromatic nitrogens is 1. The van der Waals surface area contributed by atoms with Gasteiger partial charge in [-0.15, -0.1) is 11.8 Å². The van der Waals surface area contributed by atoms with E-state index in [2.05, 4.69) is 34.1 Å². The molecule has 4 aromatic rings. The first kappa shape index (κ1) is 21.0. The Kier molecular flexibility index (Phi) is 6.89. The van der Waals surface area contributed by atoms with Crippen LogP contribution in [0.5, 0.6) is 0 Å². The lowest BCUT2D eigenvalue weighted by Crippen LogP contribution is -2.27.